The first-order valence-corrected chi connectivity index (χ1v) is 6.68. The number of nitrogens with two attached hydrogens (primary N) is 1. The maximum Gasteiger partial charge on any atom is 0.0748 e. The molecular weight excluding hydrogens is 238 g/mol. The van der Waals surface area contributed by atoms with Gasteiger partial charge in [-0.15, -0.1) is 0 Å². The van der Waals surface area contributed by atoms with E-state index in [1.807, 2.05) is 25.3 Å². The van der Waals surface area contributed by atoms with Gasteiger partial charge in [-0.05, 0) is 38.5 Å². The number of nitrogen functional groups attached to an aromatic ring is 1. The molecule has 100 valence electrons. The normalized spacial score (nSPS) is 22.8. The largest absolute Gasteiger partial charge is 0.398 e. The number of hydrogen-bond acceptors (Lipinski definition) is 4. The van der Waals surface area contributed by atoms with Gasteiger partial charge in [-0.1, -0.05) is 0 Å². The molecule has 1 saturated heterocycles. The number of anilines is 2. The molecule has 1 aromatic heterocycles. The van der Waals surface area contributed by atoms with Crippen LogP contribution in [0, 0.1) is 6.92 Å². The maximum absolute atomic E-state index is 6.02. The Kier molecular flexibility index (Phi) is 3.03. The molecule has 1 fully saturated rings. The van der Waals surface area contributed by atoms with Crippen LogP contribution in [-0.4, -0.2) is 23.7 Å². The minimum Gasteiger partial charge on any atom is -0.398 e. The van der Waals surface area contributed by atoms with Gasteiger partial charge < -0.3 is 15.8 Å². The van der Waals surface area contributed by atoms with Crippen molar-refractivity contribution < 1.29 is 4.74 Å². The highest BCUT2D eigenvalue weighted by atomic mass is 16.5. The zero-order chi connectivity index (χ0) is 13.4. The molecule has 4 nitrogen and oxygen atoms in total. The third-order valence-corrected chi connectivity index (χ3v) is 3.79. The lowest BCUT2D eigenvalue weighted by atomic mass is 10.1. The Bertz CT molecular complexity index is 612. The average Bonchev–Trinajstić information content (AvgIpc) is 2.78. The van der Waals surface area contributed by atoms with Crippen LogP contribution < -0.4 is 11.1 Å². The lowest BCUT2D eigenvalue weighted by molar-refractivity contribution is 0.121. The second-order valence-electron chi connectivity index (χ2n) is 5.19. The highest BCUT2D eigenvalue weighted by Gasteiger charge is 2.24. The highest BCUT2D eigenvalue weighted by Crippen LogP contribution is 2.30. The zero-order valence-electron chi connectivity index (χ0n) is 11.3. The number of fused-ring (bicyclic) bond motifs is 1. The molecule has 0 aliphatic carbocycles. The second-order valence-corrected chi connectivity index (χ2v) is 5.19. The van der Waals surface area contributed by atoms with Gasteiger partial charge in [-0.25, -0.2) is 0 Å². The first kappa shape index (κ1) is 12.2. The summed E-state index contributed by atoms with van der Waals surface area (Å²) in [5, 5.41) is 5.71. The van der Waals surface area contributed by atoms with E-state index in [1.54, 1.807) is 0 Å². The number of benzene rings is 1. The molecule has 3 rings (SSSR count). The maximum atomic E-state index is 6.02. The van der Waals surface area contributed by atoms with Crippen molar-refractivity contribution in [2.75, 3.05) is 17.7 Å². The summed E-state index contributed by atoms with van der Waals surface area (Å²) in [5.41, 5.74) is 8.89. The number of nitrogens with zero attached hydrogens (tertiary/aromatic N) is 1. The topological polar surface area (TPSA) is 60.2 Å². The number of nitrogens with one attached hydrogen (secondary N) is 1. The fourth-order valence-electron chi connectivity index (χ4n) is 2.61. The van der Waals surface area contributed by atoms with E-state index in [0.717, 1.165) is 40.9 Å². The van der Waals surface area contributed by atoms with Crippen molar-refractivity contribution in [2.24, 2.45) is 0 Å². The Labute approximate surface area is 113 Å². The van der Waals surface area contributed by atoms with Crippen LogP contribution in [0.1, 0.15) is 19.0 Å². The SMILES string of the molecule is Cc1cc2c(NC3CCOC3C)ccc(N)c2cn1. The van der Waals surface area contributed by atoms with Crippen molar-refractivity contribution in [1.29, 1.82) is 0 Å². The first-order valence-electron chi connectivity index (χ1n) is 6.68. The molecule has 1 aliphatic heterocycles. The minimum atomic E-state index is 0.246. The van der Waals surface area contributed by atoms with Gasteiger partial charge in [-0.3, -0.25) is 4.98 Å². The molecule has 4 heteroatoms. The van der Waals surface area contributed by atoms with Crippen molar-refractivity contribution in [1.82, 2.24) is 4.98 Å². The number of aromatic nitrogens is 1. The molecular formula is C15H19N3O. The molecule has 0 bridgehead atoms. The van der Waals surface area contributed by atoms with Gasteiger partial charge in [0, 0.05) is 40.6 Å². The van der Waals surface area contributed by atoms with E-state index < -0.39 is 0 Å². The van der Waals surface area contributed by atoms with Crippen molar-refractivity contribution >= 4 is 22.1 Å². The molecule has 1 aliphatic rings. The number of ether oxygens (including phenoxy) is 1. The van der Waals surface area contributed by atoms with Gasteiger partial charge in [0.2, 0.25) is 0 Å². The standard InChI is InChI=1S/C15H19N3O/c1-9-7-11-12(8-17-9)13(16)3-4-15(11)18-14-5-6-19-10(14)2/h3-4,7-8,10,14,18H,5-6,16H2,1-2H3. The van der Waals surface area contributed by atoms with Crippen LogP contribution in [0.2, 0.25) is 0 Å². The van der Waals surface area contributed by atoms with Crippen LogP contribution in [0.4, 0.5) is 11.4 Å². The lowest BCUT2D eigenvalue weighted by Crippen LogP contribution is -2.26. The molecule has 0 spiro atoms. The van der Waals surface area contributed by atoms with Gasteiger partial charge in [0.15, 0.2) is 0 Å². The predicted octanol–water partition coefficient (Wildman–Crippen LogP) is 2.71. The lowest BCUT2D eigenvalue weighted by Gasteiger charge is -2.19. The average molecular weight is 257 g/mol. The molecule has 2 heterocycles. The van der Waals surface area contributed by atoms with Gasteiger partial charge in [0.25, 0.3) is 0 Å². The minimum absolute atomic E-state index is 0.246. The van der Waals surface area contributed by atoms with Crippen LogP contribution in [0.25, 0.3) is 10.8 Å². The molecule has 0 saturated carbocycles. The summed E-state index contributed by atoms with van der Waals surface area (Å²) in [6.45, 7) is 4.93. The molecule has 19 heavy (non-hydrogen) atoms. The summed E-state index contributed by atoms with van der Waals surface area (Å²) in [4.78, 5) is 4.32. The van der Waals surface area contributed by atoms with E-state index in [-0.39, 0.29) is 6.10 Å². The van der Waals surface area contributed by atoms with Crippen LogP contribution >= 0.6 is 0 Å². The van der Waals surface area contributed by atoms with Gasteiger partial charge in [0.1, 0.15) is 0 Å². The third kappa shape index (κ3) is 2.24. The number of rotatable bonds is 2. The molecule has 3 N–H and O–H groups in total. The summed E-state index contributed by atoms with van der Waals surface area (Å²) in [6.07, 6.45) is 3.13. The van der Waals surface area contributed by atoms with Crippen LogP contribution in [0.3, 0.4) is 0 Å². The zero-order valence-corrected chi connectivity index (χ0v) is 11.3. The number of aryl methyl sites for hydroxylation is 1. The predicted molar refractivity (Wildman–Crippen MR) is 78.3 cm³/mol. The highest BCUT2D eigenvalue weighted by molar-refractivity contribution is 6.00. The van der Waals surface area contributed by atoms with E-state index in [9.17, 15) is 0 Å². The van der Waals surface area contributed by atoms with E-state index in [4.69, 9.17) is 10.5 Å². The smallest absolute Gasteiger partial charge is 0.0748 e. The van der Waals surface area contributed by atoms with Crippen molar-refractivity contribution in [2.45, 2.75) is 32.4 Å². The molecule has 2 atom stereocenters. The second kappa shape index (κ2) is 4.70. The summed E-state index contributed by atoms with van der Waals surface area (Å²) < 4.78 is 5.60. The molecule has 2 aromatic rings. The Morgan fingerprint density at radius 1 is 1.37 bits per heavy atom. The summed E-state index contributed by atoms with van der Waals surface area (Å²) in [5.74, 6) is 0. The molecule has 0 amide bonds. The Hall–Kier alpha value is -1.81. The van der Waals surface area contributed by atoms with Gasteiger partial charge >= 0.3 is 0 Å². The number of pyridine rings is 1. The van der Waals surface area contributed by atoms with Gasteiger partial charge in [-0.2, -0.15) is 0 Å². The fourth-order valence-corrected chi connectivity index (χ4v) is 2.61. The van der Waals surface area contributed by atoms with Crippen LogP contribution in [-0.2, 0) is 4.74 Å². The molecule has 1 aromatic carbocycles. The van der Waals surface area contributed by atoms with Crippen LogP contribution in [0.5, 0.6) is 0 Å². The molecule has 2 unspecified atom stereocenters. The first-order chi connectivity index (χ1) is 9.15. The summed E-state index contributed by atoms with van der Waals surface area (Å²) in [7, 11) is 0. The van der Waals surface area contributed by atoms with E-state index >= 15 is 0 Å². The third-order valence-electron chi connectivity index (χ3n) is 3.79. The number of hydrogen-bond donors (Lipinski definition) is 2. The Morgan fingerprint density at radius 2 is 2.21 bits per heavy atom. The van der Waals surface area contributed by atoms with Crippen molar-refractivity contribution in [3.8, 4) is 0 Å². The van der Waals surface area contributed by atoms with E-state index in [0.29, 0.717) is 6.04 Å². The van der Waals surface area contributed by atoms with Crippen LogP contribution in [0.15, 0.2) is 24.4 Å². The van der Waals surface area contributed by atoms with Crippen molar-refractivity contribution in [3.05, 3.63) is 30.1 Å². The molecule has 0 radical (unpaired) electrons. The van der Waals surface area contributed by atoms with E-state index in [2.05, 4.69) is 23.3 Å². The van der Waals surface area contributed by atoms with Crippen molar-refractivity contribution in [3.63, 3.8) is 0 Å². The summed E-state index contributed by atoms with van der Waals surface area (Å²) in [6, 6.07) is 6.42. The summed E-state index contributed by atoms with van der Waals surface area (Å²) >= 11 is 0. The quantitative estimate of drug-likeness (QED) is 0.812. The Morgan fingerprint density at radius 3 is 2.95 bits per heavy atom. The monoisotopic (exact) mass is 257 g/mol. The fraction of sp³-hybridized carbons (Fsp3) is 0.400. The Balaban J connectivity index is 2.03. The van der Waals surface area contributed by atoms with E-state index in [1.165, 1.54) is 0 Å². The van der Waals surface area contributed by atoms with Gasteiger partial charge in [0.05, 0.1) is 12.1 Å².